The monoisotopic (exact) mass is 296 g/mol. The summed E-state index contributed by atoms with van der Waals surface area (Å²) in [6.45, 7) is 6.20. The molecule has 0 aromatic carbocycles. The largest absolute Gasteiger partial charge is 0.349 e. The van der Waals surface area contributed by atoms with Gasteiger partial charge in [0.1, 0.15) is 5.15 Å². The predicted octanol–water partition coefficient (Wildman–Crippen LogP) is 2.34. The van der Waals surface area contributed by atoms with Crippen molar-refractivity contribution in [3.05, 3.63) is 51.2 Å². The van der Waals surface area contributed by atoms with Crippen molar-refractivity contribution in [2.45, 2.75) is 26.4 Å². The molecule has 6 nitrogen and oxygen atoms in total. The van der Waals surface area contributed by atoms with Crippen LogP contribution >= 0.6 is 11.6 Å². The number of pyridine rings is 1. The van der Waals surface area contributed by atoms with Crippen molar-refractivity contribution in [2.24, 2.45) is 0 Å². The molecule has 0 aliphatic carbocycles. The van der Waals surface area contributed by atoms with Gasteiger partial charge in [-0.15, -0.1) is 0 Å². The Morgan fingerprint density at radius 1 is 1.50 bits per heavy atom. The van der Waals surface area contributed by atoms with E-state index in [-0.39, 0.29) is 6.04 Å². The molecule has 0 radical (unpaired) electrons. The van der Waals surface area contributed by atoms with Crippen LogP contribution in [0.2, 0.25) is 5.15 Å². The van der Waals surface area contributed by atoms with Gasteiger partial charge in [-0.25, -0.2) is 4.98 Å². The van der Waals surface area contributed by atoms with Crippen LogP contribution in [0.4, 0.5) is 0 Å². The molecule has 20 heavy (non-hydrogen) atoms. The van der Waals surface area contributed by atoms with E-state index in [2.05, 4.69) is 4.98 Å². The van der Waals surface area contributed by atoms with E-state index in [0.29, 0.717) is 17.5 Å². The standard InChI is InChI=1S/C13H17ClN4O2/c1-10(2)17-6-5-16(13(17)9-18(19)20)8-11-3-4-12(14)15-7-11/h3-4,7,9-10H,5-6,8H2,1-2H3/b13-9+. The van der Waals surface area contributed by atoms with Gasteiger partial charge in [0.15, 0.2) is 5.82 Å². The number of hydrogen-bond donors (Lipinski definition) is 0. The lowest BCUT2D eigenvalue weighted by molar-refractivity contribution is -0.405. The molecular formula is C13H17ClN4O2. The van der Waals surface area contributed by atoms with Crippen LogP contribution < -0.4 is 0 Å². The topological polar surface area (TPSA) is 62.5 Å². The molecule has 0 amide bonds. The number of halogens is 1. The highest BCUT2D eigenvalue weighted by atomic mass is 35.5. The molecule has 0 saturated carbocycles. The number of aromatic nitrogens is 1. The summed E-state index contributed by atoms with van der Waals surface area (Å²) >= 11 is 5.76. The van der Waals surface area contributed by atoms with E-state index in [9.17, 15) is 10.1 Å². The van der Waals surface area contributed by atoms with Crippen LogP contribution in [0.25, 0.3) is 0 Å². The highest BCUT2D eigenvalue weighted by Gasteiger charge is 2.29. The Labute approximate surface area is 122 Å². The van der Waals surface area contributed by atoms with Crippen LogP contribution in [0.3, 0.4) is 0 Å². The van der Waals surface area contributed by atoms with Gasteiger partial charge in [-0.05, 0) is 25.5 Å². The average Bonchev–Trinajstić information content (AvgIpc) is 2.75. The number of rotatable bonds is 4. The van der Waals surface area contributed by atoms with E-state index in [1.54, 1.807) is 12.3 Å². The third-order valence-corrected chi connectivity index (χ3v) is 3.46. The molecule has 1 aliphatic rings. The number of hydrogen-bond acceptors (Lipinski definition) is 5. The lowest BCUT2D eigenvalue weighted by Crippen LogP contribution is -2.29. The van der Waals surface area contributed by atoms with Crippen molar-refractivity contribution in [3.63, 3.8) is 0 Å². The van der Waals surface area contributed by atoms with Gasteiger partial charge in [0.2, 0.25) is 0 Å². The maximum Gasteiger partial charge on any atom is 0.274 e. The molecule has 7 heteroatoms. The van der Waals surface area contributed by atoms with Crippen molar-refractivity contribution in [1.82, 2.24) is 14.8 Å². The van der Waals surface area contributed by atoms with Crippen LogP contribution in [0.15, 0.2) is 30.4 Å². The molecule has 1 saturated heterocycles. The van der Waals surface area contributed by atoms with Crippen LogP contribution in [0.5, 0.6) is 0 Å². The minimum atomic E-state index is -0.400. The van der Waals surface area contributed by atoms with Crippen molar-refractivity contribution in [2.75, 3.05) is 13.1 Å². The first-order chi connectivity index (χ1) is 9.47. The van der Waals surface area contributed by atoms with Crippen LogP contribution in [0.1, 0.15) is 19.4 Å². The highest BCUT2D eigenvalue weighted by Crippen LogP contribution is 2.23. The van der Waals surface area contributed by atoms with Crippen LogP contribution in [-0.4, -0.2) is 38.8 Å². The third-order valence-electron chi connectivity index (χ3n) is 3.24. The molecule has 0 bridgehead atoms. The maximum atomic E-state index is 10.8. The summed E-state index contributed by atoms with van der Waals surface area (Å²) in [6.07, 6.45) is 2.78. The summed E-state index contributed by atoms with van der Waals surface area (Å²) in [4.78, 5) is 18.5. The molecule has 1 aromatic heterocycles. The lowest BCUT2D eigenvalue weighted by Gasteiger charge is -2.25. The van der Waals surface area contributed by atoms with Gasteiger partial charge in [0.25, 0.3) is 6.20 Å². The van der Waals surface area contributed by atoms with E-state index >= 15 is 0 Å². The second-order valence-electron chi connectivity index (χ2n) is 4.97. The third kappa shape index (κ3) is 3.39. The Bertz CT molecular complexity index is 516. The molecule has 0 N–H and O–H groups in total. The second-order valence-corrected chi connectivity index (χ2v) is 5.36. The zero-order chi connectivity index (χ0) is 14.7. The summed E-state index contributed by atoms with van der Waals surface area (Å²) in [5, 5.41) is 11.3. The molecular weight excluding hydrogens is 280 g/mol. The molecule has 1 fully saturated rings. The Kier molecular flexibility index (Phi) is 4.44. The summed E-state index contributed by atoms with van der Waals surface area (Å²) in [6, 6.07) is 3.84. The summed E-state index contributed by atoms with van der Waals surface area (Å²) in [7, 11) is 0. The first-order valence-electron chi connectivity index (χ1n) is 6.44. The van der Waals surface area contributed by atoms with E-state index in [1.807, 2.05) is 29.7 Å². The zero-order valence-electron chi connectivity index (χ0n) is 11.5. The summed E-state index contributed by atoms with van der Waals surface area (Å²) < 4.78 is 0. The number of nitrogens with zero attached hydrogens (tertiary/aromatic N) is 4. The molecule has 2 heterocycles. The zero-order valence-corrected chi connectivity index (χ0v) is 12.2. The van der Waals surface area contributed by atoms with Gasteiger partial charge in [0.05, 0.1) is 4.92 Å². The van der Waals surface area contributed by atoms with Gasteiger partial charge in [-0.1, -0.05) is 17.7 Å². The lowest BCUT2D eigenvalue weighted by atomic mass is 10.2. The predicted molar refractivity (Wildman–Crippen MR) is 76.6 cm³/mol. The Balaban J connectivity index is 2.18. The van der Waals surface area contributed by atoms with E-state index < -0.39 is 4.92 Å². The fraction of sp³-hybridized carbons (Fsp3) is 0.462. The van der Waals surface area contributed by atoms with Gasteiger partial charge in [0, 0.05) is 31.9 Å². The first kappa shape index (κ1) is 14.6. The Hall–Kier alpha value is -1.82. The molecule has 108 valence electrons. The van der Waals surface area contributed by atoms with Gasteiger partial charge >= 0.3 is 0 Å². The molecule has 0 spiro atoms. The smallest absolute Gasteiger partial charge is 0.274 e. The SMILES string of the molecule is CC(C)N1CCN(Cc2ccc(Cl)nc2)/C1=C\[N+](=O)[O-]. The molecule has 1 aliphatic heterocycles. The molecule has 0 atom stereocenters. The summed E-state index contributed by atoms with van der Waals surface area (Å²) in [5.41, 5.74) is 0.981. The fourth-order valence-corrected chi connectivity index (χ4v) is 2.40. The van der Waals surface area contributed by atoms with Gasteiger partial charge in [-0.3, -0.25) is 10.1 Å². The molecule has 2 rings (SSSR count). The van der Waals surface area contributed by atoms with Crippen molar-refractivity contribution in [3.8, 4) is 0 Å². The Morgan fingerprint density at radius 2 is 2.25 bits per heavy atom. The van der Waals surface area contributed by atoms with E-state index in [1.165, 1.54) is 0 Å². The van der Waals surface area contributed by atoms with Crippen LogP contribution in [-0.2, 0) is 6.54 Å². The highest BCUT2D eigenvalue weighted by molar-refractivity contribution is 6.29. The van der Waals surface area contributed by atoms with Crippen LogP contribution in [0, 0.1) is 10.1 Å². The second kappa shape index (κ2) is 6.09. The molecule has 0 unspecified atom stereocenters. The van der Waals surface area contributed by atoms with E-state index in [4.69, 9.17) is 11.6 Å². The van der Waals surface area contributed by atoms with Gasteiger partial charge in [-0.2, -0.15) is 0 Å². The van der Waals surface area contributed by atoms with Crippen molar-refractivity contribution < 1.29 is 4.92 Å². The van der Waals surface area contributed by atoms with Crippen molar-refractivity contribution >= 4 is 11.6 Å². The minimum Gasteiger partial charge on any atom is -0.349 e. The Morgan fingerprint density at radius 3 is 2.80 bits per heavy atom. The summed E-state index contributed by atoms with van der Waals surface area (Å²) in [5.74, 6) is 0.653. The minimum absolute atomic E-state index is 0.231. The molecule has 1 aromatic rings. The maximum absolute atomic E-state index is 10.8. The normalized spacial score (nSPS) is 17.3. The van der Waals surface area contributed by atoms with E-state index in [0.717, 1.165) is 24.9 Å². The fourth-order valence-electron chi connectivity index (χ4n) is 2.29. The van der Waals surface area contributed by atoms with Crippen molar-refractivity contribution in [1.29, 1.82) is 0 Å². The number of nitro groups is 1. The average molecular weight is 297 g/mol. The first-order valence-corrected chi connectivity index (χ1v) is 6.82. The quantitative estimate of drug-likeness (QED) is 0.485. The van der Waals surface area contributed by atoms with Gasteiger partial charge < -0.3 is 9.80 Å².